The zero-order valence-corrected chi connectivity index (χ0v) is 12.7. The van der Waals surface area contributed by atoms with E-state index < -0.39 is 11.7 Å². The lowest BCUT2D eigenvalue weighted by Gasteiger charge is -2.09. The molecule has 0 unspecified atom stereocenters. The van der Waals surface area contributed by atoms with Crippen LogP contribution in [0.3, 0.4) is 0 Å². The lowest BCUT2D eigenvalue weighted by molar-refractivity contribution is 0.0998. The summed E-state index contributed by atoms with van der Waals surface area (Å²) in [7, 11) is 0. The minimum atomic E-state index is -0.670. The first-order valence-corrected chi connectivity index (χ1v) is 5.84. The molecule has 2 rings (SSSR count). The second-order valence-corrected chi connectivity index (χ2v) is 4.48. The number of nitrogens with zero attached hydrogens (tertiary/aromatic N) is 1. The molecule has 2 aromatic rings. The molecule has 20 heavy (non-hydrogen) atoms. The molecule has 0 aliphatic rings. The van der Waals surface area contributed by atoms with Gasteiger partial charge in [-0.2, -0.15) is 0 Å². The molecule has 0 aliphatic heterocycles. The molecule has 0 bridgehead atoms. The molecule has 3 N–H and O–H groups in total. The number of nitrogens with one attached hydrogen (secondary N) is 1. The van der Waals surface area contributed by atoms with E-state index in [2.05, 4.69) is 0 Å². The molecular formula is C13H12BrClFN3O. The fourth-order valence-electron chi connectivity index (χ4n) is 1.78. The normalized spacial score (nSPS) is 9.90. The van der Waals surface area contributed by atoms with Gasteiger partial charge in [-0.05, 0) is 35.9 Å². The van der Waals surface area contributed by atoms with Crippen LogP contribution in [-0.2, 0) is 6.54 Å². The SMILES string of the molecule is Br.N=c1c(C(N)=O)cccn1Cc1cc(F)cc(Cl)c1. The molecule has 106 valence electrons. The highest BCUT2D eigenvalue weighted by molar-refractivity contribution is 8.93. The minimum absolute atomic E-state index is 0. The summed E-state index contributed by atoms with van der Waals surface area (Å²) >= 11 is 5.77. The summed E-state index contributed by atoms with van der Waals surface area (Å²) < 4.78 is 14.7. The molecule has 0 saturated heterocycles. The van der Waals surface area contributed by atoms with Crippen LogP contribution in [0.4, 0.5) is 4.39 Å². The summed E-state index contributed by atoms with van der Waals surface area (Å²) in [5, 5.41) is 8.15. The van der Waals surface area contributed by atoms with Crippen molar-refractivity contribution in [2.75, 3.05) is 0 Å². The van der Waals surface area contributed by atoms with Gasteiger partial charge in [0, 0.05) is 17.8 Å². The number of amides is 1. The van der Waals surface area contributed by atoms with Crippen molar-refractivity contribution in [3.05, 3.63) is 64.0 Å². The van der Waals surface area contributed by atoms with Gasteiger partial charge in [-0.25, -0.2) is 4.39 Å². The Morgan fingerprint density at radius 3 is 2.70 bits per heavy atom. The number of carbonyl (C=O) groups excluding carboxylic acids is 1. The summed E-state index contributed by atoms with van der Waals surface area (Å²) in [6, 6.07) is 7.22. The van der Waals surface area contributed by atoms with Gasteiger partial charge in [0.05, 0.1) is 5.56 Å². The van der Waals surface area contributed by atoms with Crippen LogP contribution >= 0.6 is 28.6 Å². The average molecular weight is 361 g/mol. The molecule has 1 aromatic carbocycles. The number of benzene rings is 1. The summed E-state index contributed by atoms with van der Waals surface area (Å²) in [6.45, 7) is 0.234. The Morgan fingerprint density at radius 2 is 2.10 bits per heavy atom. The molecule has 0 aliphatic carbocycles. The number of halogens is 3. The Kier molecular flexibility index (Phi) is 5.47. The van der Waals surface area contributed by atoms with Crippen LogP contribution in [-0.4, -0.2) is 10.5 Å². The van der Waals surface area contributed by atoms with Crippen molar-refractivity contribution >= 4 is 34.5 Å². The first-order chi connectivity index (χ1) is 8.97. The fourth-order valence-corrected chi connectivity index (χ4v) is 2.03. The first kappa shape index (κ1) is 16.4. The Morgan fingerprint density at radius 1 is 1.40 bits per heavy atom. The Hall–Kier alpha value is -1.66. The Labute approximate surface area is 130 Å². The maximum absolute atomic E-state index is 13.2. The van der Waals surface area contributed by atoms with Crippen LogP contribution in [0.1, 0.15) is 15.9 Å². The van der Waals surface area contributed by atoms with E-state index in [4.69, 9.17) is 22.7 Å². The highest BCUT2D eigenvalue weighted by Gasteiger charge is 2.06. The summed E-state index contributed by atoms with van der Waals surface area (Å²) in [4.78, 5) is 11.1. The van der Waals surface area contributed by atoms with E-state index in [1.807, 2.05) is 0 Å². The van der Waals surface area contributed by atoms with Gasteiger partial charge in [0.1, 0.15) is 11.3 Å². The van der Waals surface area contributed by atoms with Crippen LogP contribution in [0.5, 0.6) is 0 Å². The standard InChI is InChI=1S/C13H11ClFN3O.BrH/c14-9-4-8(5-10(15)6-9)7-18-3-1-2-11(12(18)16)13(17)19;/h1-6,16H,7H2,(H2,17,19);1H. The van der Waals surface area contributed by atoms with Crippen LogP contribution in [0.25, 0.3) is 0 Å². The van der Waals surface area contributed by atoms with E-state index >= 15 is 0 Å². The predicted molar refractivity (Wildman–Crippen MR) is 79.6 cm³/mol. The molecule has 7 heteroatoms. The van der Waals surface area contributed by atoms with Gasteiger partial charge in [0.25, 0.3) is 5.91 Å². The predicted octanol–water partition coefficient (Wildman–Crippen LogP) is 2.49. The number of nitrogens with two attached hydrogens (primary N) is 1. The second-order valence-electron chi connectivity index (χ2n) is 4.04. The van der Waals surface area contributed by atoms with Crippen LogP contribution < -0.4 is 11.2 Å². The maximum Gasteiger partial charge on any atom is 0.252 e. The first-order valence-electron chi connectivity index (χ1n) is 5.46. The number of hydrogen-bond acceptors (Lipinski definition) is 2. The quantitative estimate of drug-likeness (QED) is 0.867. The van der Waals surface area contributed by atoms with E-state index in [0.717, 1.165) is 0 Å². The van der Waals surface area contributed by atoms with Gasteiger partial charge in [-0.3, -0.25) is 10.2 Å². The largest absolute Gasteiger partial charge is 0.365 e. The number of pyridine rings is 1. The second kappa shape index (κ2) is 6.67. The molecule has 0 spiro atoms. The van der Waals surface area contributed by atoms with E-state index in [0.29, 0.717) is 5.56 Å². The average Bonchev–Trinajstić information content (AvgIpc) is 2.30. The summed E-state index contributed by atoms with van der Waals surface area (Å²) in [6.07, 6.45) is 1.62. The van der Waals surface area contributed by atoms with Gasteiger partial charge in [-0.1, -0.05) is 11.6 Å². The van der Waals surface area contributed by atoms with E-state index in [-0.39, 0.29) is 39.6 Å². The lowest BCUT2D eigenvalue weighted by Crippen LogP contribution is -2.29. The van der Waals surface area contributed by atoms with E-state index in [1.165, 1.54) is 22.8 Å². The molecule has 1 heterocycles. The highest BCUT2D eigenvalue weighted by Crippen LogP contribution is 2.14. The van der Waals surface area contributed by atoms with Crippen molar-refractivity contribution in [2.45, 2.75) is 6.54 Å². The zero-order valence-electron chi connectivity index (χ0n) is 10.3. The third kappa shape index (κ3) is 3.68. The fraction of sp³-hybridized carbons (Fsp3) is 0.0769. The molecule has 1 amide bonds. The highest BCUT2D eigenvalue weighted by atomic mass is 79.9. The van der Waals surface area contributed by atoms with E-state index in [9.17, 15) is 9.18 Å². The number of carbonyl (C=O) groups is 1. The summed E-state index contributed by atoms with van der Waals surface area (Å²) in [5.41, 5.74) is 5.87. The molecule has 0 radical (unpaired) electrons. The van der Waals surface area contributed by atoms with Crippen molar-refractivity contribution in [1.29, 1.82) is 5.41 Å². The third-order valence-electron chi connectivity index (χ3n) is 2.61. The van der Waals surface area contributed by atoms with Gasteiger partial charge in [0.2, 0.25) is 0 Å². The van der Waals surface area contributed by atoms with Gasteiger partial charge in [0.15, 0.2) is 0 Å². The molecule has 4 nitrogen and oxygen atoms in total. The van der Waals surface area contributed by atoms with Crippen molar-refractivity contribution in [2.24, 2.45) is 5.73 Å². The molecule has 0 atom stereocenters. The van der Waals surface area contributed by atoms with Crippen LogP contribution in [0, 0.1) is 11.2 Å². The van der Waals surface area contributed by atoms with Crippen molar-refractivity contribution in [1.82, 2.24) is 4.57 Å². The summed E-state index contributed by atoms with van der Waals surface area (Å²) in [5.74, 6) is -1.11. The number of primary amides is 1. The van der Waals surface area contributed by atoms with Crippen LogP contribution in [0.15, 0.2) is 36.5 Å². The van der Waals surface area contributed by atoms with Gasteiger partial charge < -0.3 is 10.3 Å². The Bertz CT molecular complexity index is 682. The number of hydrogen-bond donors (Lipinski definition) is 2. The van der Waals surface area contributed by atoms with Crippen LogP contribution in [0.2, 0.25) is 5.02 Å². The third-order valence-corrected chi connectivity index (χ3v) is 2.83. The van der Waals surface area contributed by atoms with Crippen molar-refractivity contribution in [3.63, 3.8) is 0 Å². The van der Waals surface area contributed by atoms with Gasteiger partial charge in [-0.15, -0.1) is 17.0 Å². The Balaban J connectivity index is 0.00000200. The molecular weight excluding hydrogens is 349 g/mol. The van der Waals surface area contributed by atoms with Gasteiger partial charge >= 0.3 is 0 Å². The topological polar surface area (TPSA) is 71.9 Å². The monoisotopic (exact) mass is 359 g/mol. The van der Waals surface area contributed by atoms with Crippen molar-refractivity contribution in [3.8, 4) is 0 Å². The number of rotatable bonds is 3. The molecule has 0 saturated carbocycles. The van der Waals surface area contributed by atoms with Crippen molar-refractivity contribution < 1.29 is 9.18 Å². The molecule has 0 fully saturated rings. The lowest BCUT2D eigenvalue weighted by atomic mass is 10.2. The molecule has 1 aromatic heterocycles. The smallest absolute Gasteiger partial charge is 0.252 e. The number of aromatic nitrogens is 1. The van der Waals surface area contributed by atoms with E-state index in [1.54, 1.807) is 18.3 Å². The zero-order chi connectivity index (χ0) is 14.0. The maximum atomic E-state index is 13.2. The minimum Gasteiger partial charge on any atom is -0.365 e.